The molecule has 0 aromatic rings. The van der Waals surface area contributed by atoms with Crippen LogP contribution in [0.5, 0.6) is 0 Å². The number of carbonyl (C=O) groups is 1. The van der Waals surface area contributed by atoms with Crippen LogP contribution in [0.2, 0.25) is 0 Å². The molecule has 84 valence electrons. The van der Waals surface area contributed by atoms with E-state index in [9.17, 15) is 4.79 Å². The summed E-state index contributed by atoms with van der Waals surface area (Å²) >= 11 is 5.60. The van der Waals surface area contributed by atoms with Gasteiger partial charge in [0.1, 0.15) is 5.38 Å². The summed E-state index contributed by atoms with van der Waals surface area (Å²) in [6.45, 7) is 9.84. The smallest absolute Gasteiger partial charge is 0.237 e. The van der Waals surface area contributed by atoms with Crippen molar-refractivity contribution in [3.05, 3.63) is 0 Å². The highest BCUT2D eigenvalue weighted by Gasteiger charge is 2.07. The number of hydrogen-bond donors (Lipinski definition) is 1. The second kappa shape index (κ2) is 8.06. The van der Waals surface area contributed by atoms with Crippen LogP contribution in [-0.4, -0.2) is 42.4 Å². The molecule has 0 rings (SSSR count). The van der Waals surface area contributed by atoms with Crippen LogP contribution < -0.4 is 5.32 Å². The molecule has 0 spiro atoms. The highest BCUT2D eigenvalue weighted by molar-refractivity contribution is 6.30. The zero-order valence-electron chi connectivity index (χ0n) is 9.35. The SMILES string of the molecule is CCN(CC)CCCNC(=O)C(C)Cl. The lowest BCUT2D eigenvalue weighted by atomic mass is 10.3. The highest BCUT2D eigenvalue weighted by atomic mass is 35.5. The van der Waals surface area contributed by atoms with Gasteiger partial charge in [-0.15, -0.1) is 11.6 Å². The van der Waals surface area contributed by atoms with Gasteiger partial charge in [0, 0.05) is 6.54 Å². The Morgan fingerprint density at radius 3 is 2.43 bits per heavy atom. The van der Waals surface area contributed by atoms with Crippen LogP contribution in [0.15, 0.2) is 0 Å². The van der Waals surface area contributed by atoms with Gasteiger partial charge in [-0.05, 0) is 33.0 Å². The largest absolute Gasteiger partial charge is 0.355 e. The number of carbonyl (C=O) groups excluding carboxylic acids is 1. The van der Waals surface area contributed by atoms with Gasteiger partial charge in [0.2, 0.25) is 5.91 Å². The molecule has 0 saturated heterocycles. The van der Waals surface area contributed by atoms with Crippen LogP contribution in [0.1, 0.15) is 27.2 Å². The maximum atomic E-state index is 11.1. The summed E-state index contributed by atoms with van der Waals surface area (Å²) in [5.41, 5.74) is 0. The minimum atomic E-state index is -0.427. The van der Waals surface area contributed by atoms with Crippen LogP contribution >= 0.6 is 11.6 Å². The quantitative estimate of drug-likeness (QED) is 0.521. The van der Waals surface area contributed by atoms with Crippen molar-refractivity contribution in [2.75, 3.05) is 26.2 Å². The van der Waals surface area contributed by atoms with Crippen LogP contribution in [0, 0.1) is 0 Å². The summed E-state index contributed by atoms with van der Waals surface area (Å²) in [4.78, 5) is 13.4. The van der Waals surface area contributed by atoms with Gasteiger partial charge in [0.25, 0.3) is 0 Å². The molecule has 0 saturated carbocycles. The molecule has 0 heterocycles. The molecule has 0 aliphatic heterocycles. The third-order valence-electron chi connectivity index (χ3n) is 2.21. The summed E-state index contributed by atoms with van der Waals surface area (Å²) < 4.78 is 0. The van der Waals surface area contributed by atoms with E-state index in [0.717, 1.165) is 26.1 Å². The number of alkyl halides is 1. The Labute approximate surface area is 91.8 Å². The third kappa shape index (κ3) is 6.22. The Bertz CT molecular complexity index is 158. The van der Waals surface area contributed by atoms with Crippen molar-refractivity contribution in [2.45, 2.75) is 32.6 Å². The van der Waals surface area contributed by atoms with E-state index in [0.29, 0.717) is 6.54 Å². The number of halogens is 1. The van der Waals surface area contributed by atoms with E-state index in [2.05, 4.69) is 24.1 Å². The lowest BCUT2D eigenvalue weighted by Crippen LogP contribution is -2.33. The zero-order valence-corrected chi connectivity index (χ0v) is 10.1. The van der Waals surface area contributed by atoms with Gasteiger partial charge < -0.3 is 10.2 Å². The summed E-state index contributed by atoms with van der Waals surface area (Å²) in [5, 5.41) is 2.36. The first kappa shape index (κ1) is 13.7. The minimum Gasteiger partial charge on any atom is -0.355 e. The van der Waals surface area contributed by atoms with E-state index in [-0.39, 0.29) is 5.91 Å². The highest BCUT2D eigenvalue weighted by Crippen LogP contribution is 1.93. The Morgan fingerprint density at radius 1 is 1.43 bits per heavy atom. The van der Waals surface area contributed by atoms with Crippen LogP contribution in [0.3, 0.4) is 0 Å². The molecule has 0 aromatic heterocycles. The number of nitrogens with zero attached hydrogens (tertiary/aromatic N) is 1. The van der Waals surface area contributed by atoms with Gasteiger partial charge in [-0.2, -0.15) is 0 Å². The maximum absolute atomic E-state index is 11.1. The van der Waals surface area contributed by atoms with E-state index < -0.39 is 5.38 Å². The Morgan fingerprint density at radius 2 is 2.00 bits per heavy atom. The second-order valence-corrected chi connectivity index (χ2v) is 3.94. The molecule has 0 bridgehead atoms. The van der Waals surface area contributed by atoms with Gasteiger partial charge in [-0.3, -0.25) is 4.79 Å². The lowest BCUT2D eigenvalue weighted by molar-refractivity contribution is -0.120. The zero-order chi connectivity index (χ0) is 11.0. The summed E-state index contributed by atoms with van der Waals surface area (Å²) in [6, 6.07) is 0. The first-order valence-corrected chi connectivity index (χ1v) is 5.69. The minimum absolute atomic E-state index is 0.0776. The standard InChI is InChI=1S/C10H21ClN2O/c1-4-13(5-2)8-6-7-12-10(14)9(3)11/h9H,4-8H2,1-3H3,(H,12,14). The van der Waals surface area contributed by atoms with Crippen LogP contribution in [0.4, 0.5) is 0 Å². The molecule has 1 N–H and O–H groups in total. The maximum Gasteiger partial charge on any atom is 0.237 e. The van der Waals surface area contributed by atoms with E-state index in [1.165, 1.54) is 0 Å². The predicted molar refractivity (Wildman–Crippen MR) is 60.7 cm³/mol. The molecule has 3 nitrogen and oxygen atoms in total. The Hall–Kier alpha value is -0.280. The van der Waals surface area contributed by atoms with Crippen molar-refractivity contribution in [1.29, 1.82) is 0 Å². The van der Waals surface area contributed by atoms with Gasteiger partial charge in [0.15, 0.2) is 0 Å². The molecule has 4 heteroatoms. The van der Waals surface area contributed by atoms with E-state index in [4.69, 9.17) is 11.6 Å². The molecule has 0 aliphatic rings. The topological polar surface area (TPSA) is 32.3 Å². The van der Waals surface area contributed by atoms with Crippen molar-refractivity contribution in [3.63, 3.8) is 0 Å². The molecule has 14 heavy (non-hydrogen) atoms. The predicted octanol–water partition coefficient (Wildman–Crippen LogP) is 1.46. The summed E-state index contributed by atoms with van der Waals surface area (Å²) in [7, 11) is 0. The molecule has 0 radical (unpaired) electrons. The Kier molecular flexibility index (Phi) is 7.90. The van der Waals surface area contributed by atoms with Gasteiger partial charge in [-0.25, -0.2) is 0 Å². The van der Waals surface area contributed by atoms with Gasteiger partial charge in [0.05, 0.1) is 0 Å². The van der Waals surface area contributed by atoms with E-state index in [1.54, 1.807) is 6.92 Å². The second-order valence-electron chi connectivity index (χ2n) is 3.29. The summed E-state index contributed by atoms with van der Waals surface area (Å²) in [6.07, 6.45) is 0.983. The van der Waals surface area contributed by atoms with Gasteiger partial charge in [-0.1, -0.05) is 13.8 Å². The molecule has 0 aliphatic carbocycles. The monoisotopic (exact) mass is 220 g/mol. The number of rotatable bonds is 7. The molecule has 1 atom stereocenters. The fourth-order valence-corrected chi connectivity index (χ4v) is 1.27. The Balaban J connectivity index is 3.41. The third-order valence-corrected chi connectivity index (χ3v) is 2.40. The molecule has 1 amide bonds. The molecule has 0 aromatic carbocycles. The molecule has 1 unspecified atom stereocenters. The first-order chi connectivity index (χ1) is 6.61. The fraction of sp³-hybridized carbons (Fsp3) is 0.900. The van der Waals surface area contributed by atoms with Crippen molar-refractivity contribution in [2.24, 2.45) is 0 Å². The van der Waals surface area contributed by atoms with Crippen molar-refractivity contribution >= 4 is 17.5 Å². The lowest BCUT2D eigenvalue weighted by Gasteiger charge is -2.17. The van der Waals surface area contributed by atoms with E-state index in [1.807, 2.05) is 0 Å². The van der Waals surface area contributed by atoms with Crippen molar-refractivity contribution < 1.29 is 4.79 Å². The van der Waals surface area contributed by atoms with Crippen molar-refractivity contribution in [3.8, 4) is 0 Å². The number of nitrogens with one attached hydrogen (secondary N) is 1. The molecule has 0 fully saturated rings. The van der Waals surface area contributed by atoms with Gasteiger partial charge >= 0.3 is 0 Å². The molecular formula is C10H21ClN2O. The normalized spacial score (nSPS) is 12.9. The van der Waals surface area contributed by atoms with Crippen LogP contribution in [0.25, 0.3) is 0 Å². The van der Waals surface area contributed by atoms with Crippen molar-refractivity contribution in [1.82, 2.24) is 10.2 Å². The summed E-state index contributed by atoms with van der Waals surface area (Å²) in [5.74, 6) is -0.0776. The average Bonchev–Trinajstić information content (AvgIpc) is 2.17. The fourth-order valence-electron chi connectivity index (χ4n) is 1.19. The van der Waals surface area contributed by atoms with Crippen LogP contribution in [-0.2, 0) is 4.79 Å². The average molecular weight is 221 g/mol. The van der Waals surface area contributed by atoms with E-state index >= 15 is 0 Å². The molecular weight excluding hydrogens is 200 g/mol. The first-order valence-electron chi connectivity index (χ1n) is 5.25. The number of hydrogen-bond acceptors (Lipinski definition) is 2. The number of amides is 1.